The van der Waals surface area contributed by atoms with Gasteiger partial charge >= 0.3 is 0 Å². The number of hydrogen-bond donors (Lipinski definition) is 1. The van der Waals surface area contributed by atoms with Crippen molar-refractivity contribution in [1.29, 1.82) is 0 Å². The van der Waals surface area contributed by atoms with Gasteiger partial charge in [-0.3, -0.25) is 9.69 Å². The van der Waals surface area contributed by atoms with Crippen molar-refractivity contribution in [2.75, 3.05) is 20.2 Å². The van der Waals surface area contributed by atoms with Crippen LogP contribution >= 0.6 is 0 Å². The molecule has 1 saturated heterocycles. The van der Waals surface area contributed by atoms with Gasteiger partial charge in [-0.25, -0.2) is 0 Å². The molecule has 0 unspecified atom stereocenters. The minimum absolute atomic E-state index is 0.0412. The number of aromatic nitrogens is 2. The number of rotatable bonds is 10. The number of nitrogens with zero attached hydrogens (tertiary/aromatic N) is 3. The van der Waals surface area contributed by atoms with Crippen LogP contribution < -0.4 is 10.1 Å². The smallest absolute Gasteiger partial charge is 0.220 e. The van der Waals surface area contributed by atoms with Gasteiger partial charge in [0.05, 0.1) is 7.11 Å². The van der Waals surface area contributed by atoms with Crippen molar-refractivity contribution >= 4 is 5.91 Å². The molecule has 1 aromatic heterocycles. The Kier molecular flexibility index (Phi) is 8.09. The zero-order valence-electron chi connectivity index (χ0n) is 19.2. The number of methoxy groups -OCH3 is 1. The van der Waals surface area contributed by atoms with Gasteiger partial charge in [0, 0.05) is 38.4 Å². The van der Waals surface area contributed by atoms with E-state index < -0.39 is 0 Å². The van der Waals surface area contributed by atoms with Gasteiger partial charge in [0.15, 0.2) is 0 Å². The SMILES string of the molecule is COc1ccc(CCc2nnc(CCC(=O)N[C@H]3CCCN(Cc4ccccc4)C3)o2)cc1. The maximum absolute atomic E-state index is 12.5. The Balaban J connectivity index is 1.18. The Morgan fingerprint density at radius 2 is 1.79 bits per heavy atom. The number of benzene rings is 2. The molecule has 1 atom stereocenters. The van der Waals surface area contributed by atoms with E-state index in [1.807, 2.05) is 30.3 Å². The summed E-state index contributed by atoms with van der Waals surface area (Å²) in [6, 6.07) is 18.6. The number of aryl methyl sites for hydroxylation is 3. The normalized spacial score (nSPS) is 16.5. The second-order valence-electron chi connectivity index (χ2n) is 8.56. The topological polar surface area (TPSA) is 80.5 Å². The molecular formula is C26H32N4O3. The van der Waals surface area contributed by atoms with Gasteiger partial charge in [-0.1, -0.05) is 42.5 Å². The molecule has 3 aromatic rings. The maximum atomic E-state index is 12.5. The molecule has 1 aliphatic heterocycles. The third-order valence-corrected chi connectivity index (χ3v) is 5.98. The van der Waals surface area contributed by atoms with Crippen molar-refractivity contribution in [1.82, 2.24) is 20.4 Å². The number of likely N-dealkylation sites (tertiary alicyclic amines) is 1. The molecule has 0 bridgehead atoms. The van der Waals surface area contributed by atoms with Gasteiger partial charge in [-0.15, -0.1) is 10.2 Å². The van der Waals surface area contributed by atoms with Gasteiger partial charge in [-0.2, -0.15) is 0 Å². The molecule has 33 heavy (non-hydrogen) atoms. The van der Waals surface area contributed by atoms with E-state index in [2.05, 4.69) is 44.7 Å². The van der Waals surface area contributed by atoms with E-state index in [0.717, 1.165) is 44.6 Å². The number of hydrogen-bond acceptors (Lipinski definition) is 6. The molecule has 1 aliphatic rings. The highest BCUT2D eigenvalue weighted by Gasteiger charge is 2.21. The Labute approximate surface area is 195 Å². The molecule has 0 aliphatic carbocycles. The van der Waals surface area contributed by atoms with Crippen LogP contribution in [0.5, 0.6) is 5.75 Å². The van der Waals surface area contributed by atoms with Gasteiger partial charge in [-0.05, 0) is 49.1 Å². The number of carbonyl (C=O) groups excluding carboxylic acids is 1. The molecule has 1 amide bonds. The Bertz CT molecular complexity index is 1000. The molecule has 1 N–H and O–H groups in total. The van der Waals surface area contributed by atoms with Crippen LogP contribution in [0.15, 0.2) is 59.0 Å². The van der Waals surface area contributed by atoms with Gasteiger partial charge in [0.2, 0.25) is 17.7 Å². The highest BCUT2D eigenvalue weighted by atomic mass is 16.5. The average molecular weight is 449 g/mol. The van der Waals surface area contributed by atoms with E-state index in [1.54, 1.807) is 7.11 Å². The summed E-state index contributed by atoms with van der Waals surface area (Å²) in [5, 5.41) is 11.4. The summed E-state index contributed by atoms with van der Waals surface area (Å²) in [6.07, 6.45) is 4.42. The van der Waals surface area contributed by atoms with Gasteiger partial charge in [0.25, 0.3) is 0 Å². The number of nitrogens with one attached hydrogen (secondary N) is 1. The third kappa shape index (κ3) is 7.15. The van der Waals surface area contributed by atoms with Crippen molar-refractivity contribution in [3.05, 3.63) is 77.5 Å². The van der Waals surface area contributed by atoms with Gasteiger partial charge < -0.3 is 14.5 Å². The summed E-state index contributed by atoms with van der Waals surface area (Å²) >= 11 is 0. The number of carbonyl (C=O) groups is 1. The molecule has 0 radical (unpaired) electrons. The predicted molar refractivity (Wildman–Crippen MR) is 126 cm³/mol. The fourth-order valence-corrected chi connectivity index (χ4v) is 4.21. The van der Waals surface area contributed by atoms with Crippen LogP contribution in [0, 0.1) is 0 Å². The highest BCUT2D eigenvalue weighted by molar-refractivity contribution is 5.76. The number of amides is 1. The van der Waals surface area contributed by atoms with E-state index in [0.29, 0.717) is 31.0 Å². The monoisotopic (exact) mass is 448 g/mol. The maximum Gasteiger partial charge on any atom is 0.220 e. The lowest BCUT2D eigenvalue weighted by Gasteiger charge is -2.33. The second-order valence-corrected chi connectivity index (χ2v) is 8.56. The van der Waals surface area contributed by atoms with Crippen LogP contribution in [-0.2, 0) is 30.6 Å². The Morgan fingerprint density at radius 3 is 2.55 bits per heavy atom. The van der Waals surface area contributed by atoms with Crippen LogP contribution in [0.3, 0.4) is 0 Å². The summed E-state index contributed by atoms with van der Waals surface area (Å²) in [5.74, 6) is 2.00. The summed E-state index contributed by atoms with van der Waals surface area (Å²) in [4.78, 5) is 14.9. The van der Waals surface area contributed by atoms with E-state index in [9.17, 15) is 4.79 Å². The van der Waals surface area contributed by atoms with Crippen LogP contribution in [-0.4, -0.2) is 47.2 Å². The minimum Gasteiger partial charge on any atom is -0.497 e. The lowest BCUT2D eigenvalue weighted by molar-refractivity contribution is -0.122. The molecule has 4 rings (SSSR count). The molecule has 1 fully saturated rings. The molecule has 174 valence electrons. The standard InChI is InChI=1S/C26H32N4O3/c1-32-23-12-9-20(10-13-23)11-15-25-28-29-26(33-25)16-14-24(31)27-22-8-5-17-30(19-22)18-21-6-3-2-4-7-21/h2-4,6-7,9-10,12-13,22H,5,8,11,14-19H2,1H3,(H,27,31)/t22-/m0/s1. The number of ether oxygens (including phenoxy) is 1. The first-order chi connectivity index (χ1) is 16.2. The molecule has 0 saturated carbocycles. The van der Waals surface area contributed by atoms with E-state index in [-0.39, 0.29) is 11.9 Å². The van der Waals surface area contributed by atoms with Crippen molar-refractivity contribution in [2.45, 2.75) is 51.1 Å². The molecule has 7 nitrogen and oxygen atoms in total. The van der Waals surface area contributed by atoms with Crippen LogP contribution in [0.1, 0.15) is 42.2 Å². The predicted octanol–water partition coefficient (Wildman–Crippen LogP) is 3.58. The second kappa shape index (κ2) is 11.6. The van der Waals surface area contributed by atoms with E-state index in [1.165, 1.54) is 11.1 Å². The largest absolute Gasteiger partial charge is 0.497 e. The summed E-state index contributed by atoms with van der Waals surface area (Å²) in [6.45, 7) is 2.88. The fourth-order valence-electron chi connectivity index (χ4n) is 4.21. The van der Waals surface area contributed by atoms with Crippen LogP contribution in [0.2, 0.25) is 0 Å². The first-order valence-corrected chi connectivity index (χ1v) is 11.7. The summed E-state index contributed by atoms with van der Waals surface area (Å²) in [7, 11) is 1.66. The summed E-state index contributed by atoms with van der Waals surface area (Å²) < 4.78 is 10.9. The lowest BCUT2D eigenvalue weighted by atomic mass is 10.0. The fraction of sp³-hybridized carbons (Fsp3) is 0.423. The quantitative estimate of drug-likeness (QED) is 0.511. The molecule has 2 aromatic carbocycles. The highest BCUT2D eigenvalue weighted by Crippen LogP contribution is 2.15. The van der Waals surface area contributed by atoms with Crippen molar-refractivity contribution in [3.63, 3.8) is 0 Å². The Morgan fingerprint density at radius 1 is 1.03 bits per heavy atom. The first kappa shape index (κ1) is 23.0. The van der Waals surface area contributed by atoms with Crippen molar-refractivity contribution in [3.8, 4) is 5.75 Å². The van der Waals surface area contributed by atoms with Crippen LogP contribution in [0.25, 0.3) is 0 Å². The van der Waals surface area contributed by atoms with E-state index in [4.69, 9.17) is 9.15 Å². The van der Waals surface area contributed by atoms with Gasteiger partial charge in [0.1, 0.15) is 5.75 Å². The molecule has 0 spiro atoms. The molecule has 2 heterocycles. The lowest BCUT2D eigenvalue weighted by Crippen LogP contribution is -2.47. The zero-order chi connectivity index (χ0) is 22.9. The van der Waals surface area contributed by atoms with Crippen molar-refractivity contribution < 1.29 is 13.9 Å². The third-order valence-electron chi connectivity index (χ3n) is 5.98. The average Bonchev–Trinajstić information content (AvgIpc) is 3.31. The van der Waals surface area contributed by atoms with Crippen molar-refractivity contribution in [2.24, 2.45) is 0 Å². The number of piperidine rings is 1. The molecule has 7 heteroatoms. The first-order valence-electron chi connectivity index (χ1n) is 11.7. The molecular weight excluding hydrogens is 416 g/mol. The van der Waals surface area contributed by atoms with Crippen LogP contribution in [0.4, 0.5) is 0 Å². The van der Waals surface area contributed by atoms with E-state index >= 15 is 0 Å². The zero-order valence-corrected chi connectivity index (χ0v) is 19.2. The minimum atomic E-state index is 0.0412. The Hall–Kier alpha value is -3.19. The summed E-state index contributed by atoms with van der Waals surface area (Å²) in [5.41, 5.74) is 2.49.